The third-order valence-corrected chi connectivity index (χ3v) is 2.38. The second kappa shape index (κ2) is 4.73. The number of rotatable bonds is 2. The lowest BCUT2D eigenvalue weighted by molar-refractivity contribution is -0.137. The second-order valence-corrected chi connectivity index (χ2v) is 3.61. The quantitative estimate of drug-likeness (QED) is 0.873. The normalized spacial score (nSPS) is 13.2. The molecule has 2 N–H and O–H groups in total. The number of halogens is 4. The van der Waals surface area contributed by atoms with Gasteiger partial charge in [0, 0.05) is 11.1 Å². The van der Waals surface area contributed by atoms with E-state index < -0.39 is 17.8 Å². The van der Waals surface area contributed by atoms with Crippen molar-refractivity contribution in [2.45, 2.75) is 18.6 Å². The first-order valence-electron chi connectivity index (χ1n) is 4.35. The van der Waals surface area contributed by atoms with Crippen LogP contribution < -0.4 is 5.73 Å². The SMILES string of the molecule is N#CC[C@H](N)c1cc(C(F)(F)F)ccc1Cl. The lowest BCUT2D eigenvalue weighted by Gasteiger charge is -2.13. The standard InChI is InChI=1S/C10H8ClF3N2/c11-8-2-1-6(10(12,13)14)5-7(8)9(16)3-4-15/h1-2,5,9H,3,16H2/t9-/m0/s1. The van der Waals surface area contributed by atoms with E-state index in [0.29, 0.717) is 0 Å². The molecule has 1 aromatic rings. The minimum absolute atomic E-state index is 0.0823. The van der Waals surface area contributed by atoms with Crippen molar-refractivity contribution in [2.24, 2.45) is 5.73 Å². The van der Waals surface area contributed by atoms with E-state index in [1.807, 2.05) is 0 Å². The van der Waals surface area contributed by atoms with Crippen molar-refractivity contribution in [3.05, 3.63) is 34.3 Å². The summed E-state index contributed by atoms with van der Waals surface area (Å²) >= 11 is 5.72. The van der Waals surface area contributed by atoms with Crippen LogP contribution >= 0.6 is 11.6 Å². The Morgan fingerprint density at radius 3 is 2.56 bits per heavy atom. The molecule has 0 fully saturated rings. The Hall–Kier alpha value is -1.25. The summed E-state index contributed by atoms with van der Waals surface area (Å²) in [5, 5.41) is 8.56. The van der Waals surface area contributed by atoms with Crippen LogP contribution in [0.2, 0.25) is 5.02 Å². The molecule has 2 nitrogen and oxygen atoms in total. The molecule has 0 aliphatic rings. The van der Waals surface area contributed by atoms with Gasteiger partial charge in [-0.1, -0.05) is 11.6 Å². The van der Waals surface area contributed by atoms with Crippen molar-refractivity contribution < 1.29 is 13.2 Å². The van der Waals surface area contributed by atoms with Crippen molar-refractivity contribution in [1.29, 1.82) is 5.26 Å². The molecule has 1 rings (SSSR count). The number of alkyl halides is 3. The average Bonchev–Trinajstić information content (AvgIpc) is 2.16. The van der Waals surface area contributed by atoms with Gasteiger partial charge in [-0.25, -0.2) is 0 Å². The van der Waals surface area contributed by atoms with E-state index in [1.54, 1.807) is 6.07 Å². The molecule has 0 aliphatic carbocycles. The van der Waals surface area contributed by atoms with E-state index in [1.165, 1.54) is 0 Å². The van der Waals surface area contributed by atoms with Gasteiger partial charge in [0.25, 0.3) is 0 Å². The predicted octanol–water partition coefficient (Wildman–Crippen LogP) is 3.27. The highest BCUT2D eigenvalue weighted by Gasteiger charge is 2.31. The number of hydrogen-bond acceptors (Lipinski definition) is 2. The molecule has 0 unspecified atom stereocenters. The minimum atomic E-state index is -4.44. The first-order valence-corrected chi connectivity index (χ1v) is 4.73. The number of benzene rings is 1. The predicted molar refractivity (Wildman–Crippen MR) is 53.6 cm³/mol. The summed E-state index contributed by atoms with van der Waals surface area (Å²) in [6, 6.07) is 3.88. The van der Waals surface area contributed by atoms with Crippen LogP contribution in [0.1, 0.15) is 23.6 Å². The molecule has 1 aromatic carbocycles. The minimum Gasteiger partial charge on any atom is -0.323 e. The van der Waals surface area contributed by atoms with Crippen molar-refractivity contribution in [2.75, 3.05) is 0 Å². The molecule has 0 amide bonds. The highest BCUT2D eigenvalue weighted by molar-refractivity contribution is 6.31. The Morgan fingerprint density at radius 2 is 2.06 bits per heavy atom. The largest absolute Gasteiger partial charge is 0.416 e. The Morgan fingerprint density at radius 1 is 1.44 bits per heavy atom. The van der Waals surface area contributed by atoms with Gasteiger partial charge < -0.3 is 5.73 Å². The maximum atomic E-state index is 12.4. The van der Waals surface area contributed by atoms with Crippen LogP contribution in [-0.4, -0.2) is 0 Å². The summed E-state index contributed by atoms with van der Waals surface area (Å²) in [6.07, 6.45) is -4.52. The molecule has 0 saturated heterocycles. The molecule has 16 heavy (non-hydrogen) atoms. The molecular formula is C10H8ClF3N2. The van der Waals surface area contributed by atoms with Crippen LogP contribution in [0.15, 0.2) is 18.2 Å². The van der Waals surface area contributed by atoms with Gasteiger partial charge in [0.15, 0.2) is 0 Å². The van der Waals surface area contributed by atoms with Crippen LogP contribution in [0.25, 0.3) is 0 Å². The Bertz CT molecular complexity index is 423. The smallest absolute Gasteiger partial charge is 0.323 e. The maximum absolute atomic E-state index is 12.4. The number of nitrogens with two attached hydrogens (primary N) is 1. The van der Waals surface area contributed by atoms with Crippen LogP contribution in [0, 0.1) is 11.3 Å². The van der Waals surface area contributed by atoms with Gasteiger partial charge in [-0.2, -0.15) is 18.4 Å². The van der Waals surface area contributed by atoms with Crippen LogP contribution in [0.5, 0.6) is 0 Å². The van der Waals surface area contributed by atoms with E-state index in [9.17, 15) is 13.2 Å². The molecule has 0 radical (unpaired) electrons. The van der Waals surface area contributed by atoms with E-state index in [4.69, 9.17) is 22.6 Å². The first-order chi connectivity index (χ1) is 7.36. The summed E-state index contributed by atoms with van der Waals surface area (Å²) in [7, 11) is 0. The molecule has 0 heterocycles. The zero-order valence-corrected chi connectivity index (χ0v) is 8.81. The van der Waals surface area contributed by atoms with E-state index in [-0.39, 0.29) is 17.0 Å². The van der Waals surface area contributed by atoms with Gasteiger partial charge >= 0.3 is 6.18 Å². The van der Waals surface area contributed by atoms with Gasteiger partial charge in [0.2, 0.25) is 0 Å². The van der Waals surface area contributed by atoms with Gasteiger partial charge in [-0.3, -0.25) is 0 Å². The zero-order valence-electron chi connectivity index (χ0n) is 8.05. The van der Waals surface area contributed by atoms with Crippen LogP contribution in [-0.2, 0) is 6.18 Å². The molecule has 86 valence electrons. The van der Waals surface area contributed by atoms with Gasteiger partial charge in [-0.05, 0) is 23.8 Å². The zero-order chi connectivity index (χ0) is 12.3. The van der Waals surface area contributed by atoms with Gasteiger partial charge in [0.1, 0.15) is 0 Å². The second-order valence-electron chi connectivity index (χ2n) is 3.20. The molecule has 0 aliphatic heterocycles. The monoisotopic (exact) mass is 248 g/mol. The Balaban J connectivity index is 3.15. The summed E-state index contributed by atoms with van der Waals surface area (Å²) < 4.78 is 37.2. The average molecular weight is 249 g/mol. The topological polar surface area (TPSA) is 49.8 Å². The first kappa shape index (κ1) is 12.8. The number of nitriles is 1. The molecule has 6 heteroatoms. The highest BCUT2D eigenvalue weighted by atomic mass is 35.5. The molecule has 0 spiro atoms. The Labute approximate surface area is 95.4 Å². The molecule has 0 saturated carbocycles. The molecular weight excluding hydrogens is 241 g/mol. The highest BCUT2D eigenvalue weighted by Crippen LogP contribution is 2.33. The number of nitrogens with zero attached hydrogens (tertiary/aromatic N) is 1. The number of hydrogen-bond donors (Lipinski definition) is 1. The Kier molecular flexibility index (Phi) is 3.79. The molecule has 0 bridgehead atoms. The molecule has 0 aromatic heterocycles. The summed E-state index contributed by atoms with van der Waals surface area (Å²) in [4.78, 5) is 0. The van der Waals surface area contributed by atoms with Crippen LogP contribution in [0.3, 0.4) is 0 Å². The van der Waals surface area contributed by atoms with Crippen LogP contribution in [0.4, 0.5) is 13.2 Å². The summed E-state index contributed by atoms with van der Waals surface area (Å²) in [5.41, 5.74) is 4.86. The fourth-order valence-corrected chi connectivity index (χ4v) is 1.47. The van der Waals surface area contributed by atoms with E-state index >= 15 is 0 Å². The van der Waals surface area contributed by atoms with Crippen molar-refractivity contribution >= 4 is 11.6 Å². The van der Waals surface area contributed by atoms with Gasteiger partial charge in [-0.15, -0.1) is 0 Å². The fourth-order valence-electron chi connectivity index (χ4n) is 1.21. The van der Waals surface area contributed by atoms with Crippen molar-refractivity contribution in [1.82, 2.24) is 0 Å². The third-order valence-electron chi connectivity index (χ3n) is 2.03. The van der Waals surface area contributed by atoms with Crippen molar-refractivity contribution in [3.8, 4) is 6.07 Å². The molecule has 1 atom stereocenters. The van der Waals surface area contributed by atoms with Crippen molar-refractivity contribution in [3.63, 3.8) is 0 Å². The third kappa shape index (κ3) is 2.87. The lowest BCUT2D eigenvalue weighted by atomic mass is 10.0. The van der Waals surface area contributed by atoms with Gasteiger partial charge in [0.05, 0.1) is 18.1 Å². The summed E-state index contributed by atoms with van der Waals surface area (Å²) in [6.45, 7) is 0. The van der Waals surface area contributed by atoms with E-state index in [0.717, 1.165) is 18.2 Å². The van der Waals surface area contributed by atoms with E-state index in [2.05, 4.69) is 0 Å². The maximum Gasteiger partial charge on any atom is 0.416 e. The summed E-state index contributed by atoms with van der Waals surface area (Å²) in [5.74, 6) is 0. The fraction of sp³-hybridized carbons (Fsp3) is 0.300. The lowest BCUT2D eigenvalue weighted by Crippen LogP contribution is -2.12.